The lowest BCUT2D eigenvalue weighted by atomic mass is 9.92. The maximum absolute atomic E-state index is 7.71. The zero-order valence-electron chi connectivity index (χ0n) is 11.0. The minimum absolute atomic E-state index is 0.0508. The number of rotatable bonds is 2. The average molecular weight is 264 g/mol. The highest BCUT2D eigenvalue weighted by Gasteiger charge is 2.21. The van der Waals surface area contributed by atoms with E-state index < -0.39 is 0 Å². The molecule has 1 aliphatic carbocycles. The first-order valence-corrected chi connectivity index (χ1v) is 6.58. The van der Waals surface area contributed by atoms with Gasteiger partial charge in [0.1, 0.15) is 0 Å². The maximum Gasteiger partial charge on any atom is 0.213 e. The minimum atomic E-state index is -0.0508. The molecule has 0 bridgehead atoms. The van der Waals surface area contributed by atoms with Gasteiger partial charge in [0.15, 0.2) is 0 Å². The molecule has 100 valence electrons. The van der Waals surface area contributed by atoms with Crippen molar-refractivity contribution in [3.05, 3.63) is 66.5 Å². The van der Waals surface area contributed by atoms with Gasteiger partial charge >= 0.3 is 0 Å². The molecule has 2 aromatic rings. The van der Waals surface area contributed by atoms with Crippen LogP contribution in [0.15, 0.2) is 60.8 Å². The summed E-state index contributed by atoms with van der Waals surface area (Å²) in [4.78, 5) is 0. The second-order valence-corrected chi connectivity index (χ2v) is 4.76. The highest BCUT2D eigenvalue weighted by Crippen LogP contribution is 2.33. The van der Waals surface area contributed by atoms with Crippen LogP contribution in [0.2, 0.25) is 0 Å². The Morgan fingerprint density at radius 1 is 1.25 bits per heavy atom. The Labute approximate surface area is 117 Å². The SMILES string of the molecule is N=C(N)n1ncc(-c2ccccc2)c1C1C=CC=CC1. The van der Waals surface area contributed by atoms with Crippen molar-refractivity contribution >= 4 is 5.96 Å². The first kappa shape index (κ1) is 12.4. The monoisotopic (exact) mass is 264 g/mol. The van der Waals surface area contributed by atoms with Crippen molar-refractivity contribution < 1.29 is 0 Å². The molecule has 4 heteroatoms. The predicted octanol–water partition coefficient (Wildman–Crippen LogP) is 2.89. The highest BCUT2D eigenvalue weighted by molar-refractivity contribution is 5.80. The highest BCUT2D eigenvalue weighted by atomic mass is 15.3. The van der Waals surface area contributed by atoms with E-state index in [0.29, 0.717) is 0 Å². The molecule has 1 unspecified atom stereocenters. The number of nitrogens with one attached hydrogen (secondary N) is 1. The topological polar surface area (TPSA) is 67.7 Å². The lowest BCUT2D eigenvalue weighted by Gasteiger charge is -2.17. The van der Waals surface area contributed by atoms with Crippen LogP contribution in [0.25, 0.3) is 11.1 Å². The molecule has 0 aliphatic heterocycles. The lowest BCUT2D eigenvalue weighted by molar-refractivity contribution is 0.752. The number of hydrogen-bond donors (Lipinski definition) is 2. The summed E-state index contributed by atoms with van der Waals surface area (Å²) in [5.41, 5.74) is 8.76. The normalized spacial score (nSPS) is 17.3. The van der Waals surface area contributed by atoms with Gasteiger partial charge < -0.3 is 5.73 Å². The van der Waals surface area contributed by atoms with Crippen molar-refractivity contribution in [1.29, 1.82) is 5.41 Å². The molecule has 0 amide bonds. The van der Waals surface area contributed by atoms with Gasteiger partial charge in [-0.25, -0.2) is 4.68 Å². The Kier molecular flexibility index (Phi) is 3.21. The van der Waals surface area contributed by atoms with E-state index in [2.05, 4.69) is 17.3 Å². The van der Waals surface area contributed by atoms with E-state index in [1.807, 2.05) is 42.5 Å². The van der Waals surface area contributed by atoms with Gasteiger partial charge in [0.05, 0.1) is 11.9 Å². The Morgan fingerprint density at radius 2 is 2.05 bits per heavy atom. The van der Waals surface area contributed by atoms with Crippen LogP contribution in [0.5, 0.6) is 0 Å². The van der Waals surface area contributed by atoms with Crippen molar-refractivity contribution in [2.45, 2.75) is 12.3 Å². The van der Waals surface area contributed by atoms with Gasteiger partial charge in [0.2, 0.25) is 5.96 Å². The quantitative estimate of drug-likeness (QED) is 0.647. The Balaban J connectivity index is 2.14. The molecule has 3 rings (SSSR count). The van der Waals surface area contributed by atoms with Gasteiger partial charge in [-0.2, -0.15) is 5.10 Å². The van der Waals surface area contributed by atoms with E-state index in [4.69, 9.17) is 11.1 Å². The van der Waals surface area contributed by atoms with Crippen LogP contribution in [0.3, 0.4) is 0 Å². The molecule has 0 saturated heterocycles. The van der Waals surface area contributed by atoms with E-state index in [9.17, 15) is 0 Å². The van der Waals surface area contributed by atoms with Crippen LogP contribution in [0, 0.1) is 5.41 Å². The molecule has 3 N–H and O–H groups in total. The Bertz CT molecular complexity index is 680. The zero-order valence-corrected chi connectivity index (χ0v) is 11.0. The van der Waals surface area contributed by atoms with E-state index in [1.165, 1.54) is 4.68 Å². The van der Waals surface area contributed by atoms with Crippen molar-refractivity contribution in [1.82, 2.24) is 9.78 Å². The van der Waals surface area contributed by atoms with Crippen molar-refractivity contribution in [3.63, 3.8) is 0 Å². The van der Waals surface area contributed by atoms with Gasteiger partial charge in [-0.3, -0.25) is 5.41 Å². The molecule has 4 nitrogen and oxygen atoms in total. The van der Waals surface area contributed by atoms with E-state index in [0.717, 1.165) is 23.2 Å². The number of nitrogen functional groups attached to an aromatic ring is 1. The third-order valence-electron chi connectivity index (χ3n) is 3.45. The van der Waals surface area contributed by atoms with E-state index in [-0.39, 0.29) is 11.9 Å². The summed E-state index contributed by atoms with van der Waals surface area (Å²) in [5.74, 6) is 0.145. The molecule has 0 radical (unpaired) electrons. The van der Waals surface area contributed by atoms with Gasteiger partial charge in [-0.15, -0.1) is 0 Å². The molecule has 20 heavy (non-hydrogen) atoms. The Morgan fingerprint density at radius 3 is 2.70 bits per heavy atom. The second kappa shape index (κ2) is 5.17. The first-order chi connectivity index (χ1) is 9.77. The predicted molar refractivity (Wildman–Crippen MR) is 80.6 cm³/mol. The van der Waals surface area contributed by atoms with Gasteiger partial charge in [0, 0.05) is 11.5 Å². The standard InChI is InChI=1S/C16H16N4/c17-16(18)20-15(13-9-5-2-6-10-13)14(11-19-20)12-7-3-1-4-8-12/h1-9,11,13H,10H2,(H3,17,18). The lowest BCUT2D eigenvalue weighted by Crippen LogP contribution is -2.25. The molecular formula is C16H16N4. The molecule has 1 heterocycles. The van der Waals surface area contributed by atoms with Crippen LogP contribution in [-0.2, 0) is 0 Å². The number of nitrogens with two attached hydrogens (primary N) is 1. The maximum atomic E-state index is 7.71. The number of allylic oxidation sites excluding steroid dienone is 4. The summed E-state index contributed by atoms with van der Waals surface area (Å²) in [6.07, 6.45) is 11.0. The van der Waals surface area contributed by atoms with Gasteiger partial charge in [0.25, 0.3) is 0 Å². The smallest absolute Gasteiger partial charge is 0.213 e. The fourth-order valence-corrected chi connectivity index (χ4v) is 2.53. The van der Waals surface area contributed by atoms with Crippen molar-refractivity contribution in [2.75, 3.05) is 0 Å². The molecular weight excluding hydrogens is 248 g/mol. The fourth-order valence-electron chi connectivity index (χ4n) is 2.53. The second-order valence-electron chi connectivity index (χ2n) is 4.76. The summed E-state index contributed by atoms with van der Waals surface area (Å²) in [7, 11) is 0. The van der Waals surface area contributed by atoms with Crippen LogP contribution >= 0.6 is 0 Å². The van der Waals surface area contributed by atoms with Crippen LogP contribution < -0.4 is 5.73 Å². The molecule has 1 aromatic carbocycles. The largest absolute Gasteiger partial charge is 0.368 e. The summed E-state index contributed by atoms with van der Waals surface area (Å²) >= 11 is 0. The molecule has 0 saturated carbocycles. The fraction of sp³-hybridized carbons (Fsp3) is 0.125. The third-order valence-corrected chi connectivity index (χ3v) is 3.45. The number of benzene rings is 1. The van der Waals surface area contributed by atoms with Crippen LogP contribution in [0.4, 0.5) is 0 Å². The molecule has 0 spiro atoms. The molecule has 1 aliphatic rings. The summed E-state index contributed by atoms with van der Waals surface area (Å²) in [6.45, 7) is 0. The first-order valence-electron chi connectivity index (χ1n) is 6.58. The molecule has 0 fully saturated rings. The van der Waals surface area contributed by atoms with Crippen LogP contribution in [-0.4, -0.2) is 15.7 Å². The number of nitrogens with zero attached hydrogens (tertiary/aromatic N) is 2. The average Bonchev–Trinajstić information content (AvgIpc) is 2.94. The van der Waals surface area contributed by atoms with Gasteiger partial charge in [-0.05, 0) is 12.0 Å². The number of aromatic nitrogens is 2. The van der Waals surface area contributed by atoms with Crippen molar-refractivity contribution in [2.24, 2.45) is 5.73 Å². The summed E-state index contributed by atoms with van der Waals surface area (Å²) in [5, 5.41) is 12.0. The van der Waals surface area contributed by atoms with Crippen LogP contribution in [0.1, 0.15) is 18.0 Å². The zero-order chi connectivity index (χ0) is 13.9. The van der Waals surface area contributed by atoms with E-state index >= 15 is 0 Å². The number of hydrogen-bond acceptors (Lipinski definition) is 2. The van der Waals surface area contributed by atoms with E-state index in [1.54, 1.807) is 6.20 Å². The molecule has 1 aromatic heterocycles. The van der Waals surface area contributed by atoms with Gasteiger partial charge in [-0.1, -0.05) is 54.6 Å². The third kappa shape index (κ3) is 2.16. The summed E-state index contributed by atoms with van der Waals surface area (Å²) in [6, 6.07) is 10.1. The van der Waals surface area contributed by atoms with Crippen molar-refractivity contribution in [3.8, 4) is 11.1 Å². The minimum Gasteiger partial charge on any atom is -0.368 e. The summed E-state index contributed by atoms with van der Waals surface area (Å²) < 4.78 is 1.52. The molecule has 1 atom stereocenters. The Hall–Kier alpha value is -2.62.